The van der Waals surface area contributed by atoms with E-state index in [1.165, 1.54) is 64.6 Å². The fourth-order valence-electron chi connectivity index (χ4n) is 3.80. The fourth-order valence-corrected chi connectivity index (χ4v) is 3.80. The van der Waals surface area contributed by atoms with Crippen molar-refractivity contribution in [3.8, 4) is 0 Å². The molecule has 2 fully saturated rings. The quantitative estimate of drug-likeness (QED) is 0.763. The molecule has 0 aromatic heterocycles. The lowest BCUT2D eigenvalue weighted by atomic mass is 9.76. The molecule has 0 bridgehead atoms. The van der Waals surface area contributed by atoms with Crippen LogP contribution in [-0.2, 0) is 4.74 Å². The molecule has 0 aromatic rings. The average molecular weight is 254 g/mol. The molecular weight excluding hydrogens is 224 g/mol. The maximum atomic E-state index is 5.58. The summed E-state index contributed by atoms with van der Waals surface area (Å²) < 4.78 is 5.58. The van der Waals surface area contributed by atoms with Crippen LogP contribution in [0.25, 0.3) is 0 Å². The molecule has 3 nitrogen and oxygen atoms in total. The summed E-state index contributed by atoms with van der Waals surface area (Å²) in [7, 11) is 1.86. The van der Waals surface area contributed by atoms with Crippen LogP contribution in [0.15, 0.2) is 0 Å². The van der Waals surface area contributed by atoms with Crippen molar-refractivity contribution in [2.75, 3.05) is 26.7 Å². The molecule has 0 aromatic carbocycles. The van der Waals surface area contributed by atoms with Crippen LogP contribution < -0.4 is 10.6 Å². The zero-order valence-electron chi connectivity index (χ0n) is 12.1. The normalized spacial score (nSPS) is 37.0. The van der Waals surface area contributed by atoms with Gasteiger partial charge in [0.05, 0.1) is 6.10 Å². The number of ether oxygens (including phenoxy) is 1. The van der Waals surface area contributed by atoms with Crippen molar-refractivity contribution < 1.29 is 4.74 Å². The van der Waals surface area contributed by atoms with Crippen molar-refractivity contribution in [3.63, 3.8) is 0 Å². The molecule has 0 amide bonds. The third kappa shape index (κ3) is 3.46. The molecule has 1 saturated heterocycles. The summed E-state index contributed by atoms with van der Waals surface area (Å²) in [6.45, 7) is 5.87. The molecule has 1 aliphatic heterocycles. The van der Waals surface area contributed by atoms with E-state index in [2.05, 4.69) is 17.6 Å². The van der Waals surface area contributed by atoms with Gasteiger partial charge in [0.2, 0.25) is 0 Å². The Morgan fingerprint density at radius 1 is 1.33 bits per heavy atom. The molecule has 3 heteroatoms. The lowest BCUT2D eigenvalue weighted by molar-refractivity contribution is 0.0763. The maximum Gasteiger partial charge on any atom is 0.0724 e. The first kappa shape index (κ1) is 14.3. The maximum absolute atomic E-state index is 5.58. The third-order valence-corrected chi connectivity index (χ3v) is 4.84. The molecule has 1 saturated carbocycles. The number of methoxy groups -OCH3 is 1. The van der Waals surface area contributed by atoms with E-state index in [0.29, 0.717) is 17.6 Å². The first-order valence-corrected chi connectivity index (χ1v) is 7.76. The van der Waals surface area contributed by atoms with Gasteiger partial charge in [-0.15, -0.1) is 0 Å². The Kier molecular flexibility index (Phi) is 5.46. The van der Waals surface area contributed by atoms with E-state index in [0.717, 1.165) is 0 Å². The van der Waals surface area contributed by atoms with Gasteiger partial charge in [-0.25, -0.2) is 0 Å². The molecule has 0 radical (unpaired) electrons. The molecule has 1 aliphatic carbocycles. The molecule has 3 atom stereocenters. The summed E-state index contributed by atoms with van der Waals surface area (Å²) in [6.07, 6.45) is 9.63. The van der Waals surface area contributed by atoms with Gasteiger partial charge in [-0.3, -0.25) is 0 Å². The number of hydrogen-bond acceptors (Lipinski definition) is 3. The summed E-state index contributed by atoms with van der Waals surface area (Å²) in [5.74, 6) is 0. The molecular formula is C15H30N2O. The standard InChI is InChI=1S/C15H30N2O/c1-3-8-15(9-5-10-16-11-15)12-17-13-6-4-7-14(13)18-2/h13-14,16-17H,3-12H2,1-2H3. The van der Waals surface area contributed by atoms with Crippen molar-refractivity contribution in [2.45, 2.75) is 64.0 Å². The zero-order valence-corrected chi connectivity index (χ0v) is 12.1. The minimum absolute atomic E-state index is 0.445. The summed E-state index contributed by atoms with van der Waals surface area (Å²) in [5.41, 5.74) is 0.494. The van der Waals surface area contributed by atoms with E-state index in [1.54, 1.807) is 0 Å². The van der Waals surface area contributed by atoms with Gasteiger partial charge in [-0.05, 0) is 50.5 Å². The van der Waals surface area contributed by atoms with E-state index in [1.807, 2.05) is 7.11 Å². The molecule has 2 aliphatic rings. The van der Waals surface area contributed by atoms with Crippen molar-refractivity contribution in [1.82, 2.24) is 10.6 Å². The van der Waals surface area contributed by atoms with Crippen molar-refractivity contribution in [1.29, 1.82) is 0 Å². The topological polar surface area (TPSA) is 33.3 Å². The summed E-state index contributed by atoms with van der Waals surface area (Å²) in [5, 5.41) is 7.40. The minimum atomic E-state index is 0.445. The molecule has 3 unspecified atom stereocenters. The van der Waals surface area contributed by atoms with Crippen LogP contribution in [0.4, 0.5) is 0 Å². The highest BCUT2D eigenvalue weighted by Gasteiger charge is 2.34. The SMILES string of the molecule is CCCC1(CNC2CCCC2OC)CCCNC1. The Labute approximate surface area is 112 Å². The van der Waals surface area contributed by atoms with Gasteiger partial charge in [0.15, 0.2) is 0 Å². The highest BCUT2D eigenvalue weighted by molar-refractivity contribution is 4.91. The van der Waals surface area contributed by atoms with E-state index >= 15 is 0 Å². The van der Waals surface area contributed by atoms with Crippen LogP contribution in [0, 0.1) is 5.41 Å². The molecule has 2 N–H and O–H groups in total. The number of nitrogens with one attached hydrogen (secondary N) is 2. The first-order valence-electron chi connectivity index (χ1n) is 7.76. The Morgan fingerprint density at radius 2 is 2.22 bits per heavy atom. The highest BCUT2D eigenvalue weighted by atomic mass is 16.5. The Bertz CT molecular complexity index is 233. The number of rotatable bonds is 6. The average Bonchev–Trinajstić information content (AvgIpc) is 2.85. The van der Waals surface area contributed by atoms with E-state index < -0.39 is 0 Å². The van der Waals surface area contributed by atoms with Crippen LogP contribution in [-0.4, -0.2) is 38.9 Å². The van der Waals surface area contributed by atoms with Gasteiger partial charge in [0.1, 0.15) is 0 Å². The lowest BCUT2D eigenvalue weighted by Gasteiger charge is -2.39. The molecule has 1 heterocycles. The van der Waals surface area contributed by atoms with Gasteiger partial charge >= 0.3 is 0 Å². The predicted octanol–water partition coefficient (Wildman–Crippen LogP) is 2.31. The summed E-state index contributed by atoms with van der Waals surface area (Å²) >= 11 is 0. The fraction of sp³-hybridized carbons (Fsp3) is 1.00. The van der Waals surface area contributed by atoms with Gasteiger partial charge in [0.25, 0.3) is 0 Å². The second-order valence-corrected chi connectivity index (χ2v) is 6.22. The molecule has 18 heavy (non-hydrogen) atoms. The first-order chi connectivity index (χ1) is 8.79. The van der Waals surface area contributed by atoms with E-state index in [9.17, 15) is 0 Å². The second kappa shape index (κ2) is 6.88. The molecule has 0 spiro atoms. The van der Waals surface area contributed by atoms with Crippen LogP contribution >= 0.6 is 0 Å². The van der Waals surface area contributed by atoms with Gasteiger partial charge in [0, 0.05) is 26.2 Å². The van der Waals surface area contributed by atoms with Crippen LogP contribution in [0.2, 0.25) is 0 Å². The monoisotopic (exact) mass is 254 g/mol. The van der Waals surface area contributed by atoms with Crippen LogP contribution in [0.1, 0.15) is 51.9 Å². The Balaban J connectivity index is 1.85. The lowest BCUT2D eigenvalue weighted by Crippen LogP contribution is -2.50. The smallest absolute Gasteiger partial charge is 0.0724 e. The summed E-state index contributed by atoms with van der Waals surface area (Å²) in [6, 6.07) is 0.589. The van der Waals surface area contributed by atoms with Crippen LogP contribution in [0.5, 0.6) is 0 Å². The van der Waals surface area contributed by atoms with Crippen LogP contribution in [0.3, 0.4) is 0 Å². The van der Waals surface area contributed by atoms with Gasteiger partial charge in [-0.1, -0.05) is 13.3 Å². The molecule has 106 valence electrons. The largest absolute Gasteiger partial charge is 0.380 e. The van der Waals surface area contributed by atoms with Crippen molar-refractivity contribution in [3.05, 3.63) is 0 Å². The minimum Gasteiger partial charge on any atom is -0.380 e. The highest BCUT2D eigenvalue weighted by Crippen LogP contribution is 2.32. The van der Waals surface area contributed by atoms with Gasteiger partial charge in [-0.2, -0.15) is 0 Å². The molecule has 2 rings (SSSR count). The third-order valence-electron chi connectivity index (χ3n) is 4.84. The number of hydrogen-bond donors (Lipinski definition) is 2. The van der Waals surface area contributed by atoms with Crippen molar-refractivity contribution in [2.24, 2.45) is 5.41 Å². The second-order valence-electron chi connectivity index (χ2n) is 6.22. The van der Waals surface area contributed by atoms with Crippen molar-refractivity contribution >= 4 is 0 Å². The summed E-state index contributed by atoms with van der Waals surface area (Å²) in [4.78, 5) is 0. The zero-order chi connectivity index (χ0) is 12.8. The Morgan fingerprint density at radius 3 is 2.89 bits per heavy atom. The van der Waals surface area contributed by atoms with E-state index in [-0.39, 0.29) is 0 Å². The number of piperidine rings is 1. The Hall–Kier alpha value is -0.120. The van der Waals surface area contributed by atoms with Gasteiger partial charge < -0.3 is 15.4 Å². The van der Waals surface area contributed by atoms with E-state index in [4.69, 9.17) is 4.74 Å². The predicted molar refractivity (Wildman–Crippen MR) is 75.9 cm³/mol.